The van der Waals surface area contributed by atoms with Gasteiger partial charge < -0.3 is 4.74 Å². The predicted molar refractivity (Wildman–Crippen MR) is 66.7 cm³/mol. The minimum Gasteiger partial charge on any atom is -0.431 e. The summed E-state index contributed by atoms with van der Waals surface area (Å²) in [5.74, 6) is -0.562. The molecule has 2 rings (SSSR count). The average Bonchev–Trinajstić information content (AvgIpc) is 2.27. The van der Waals surface area contributed by atoms with Crippen LogP contribution in [-0.4, -0.2) is 24.1 Å². The summed E-state index contributed by atoms with van der Waals surface area (Å²) >= 11 is 0. The molecule has 0 amide bonds. The third kappa shape index (κ3) is 3.21. The van der Waals surface area contributed by atoms with Crippen LogP contribution < -0.4 is 4.74 Å². The van der Waals surface area contributed by atoms with Crippen molar-refractivity contribution in [3.63, 3.8) is 0 Å². The monoisotopic (exact) mass is 273 g/mol. The van der Waals surface area contributed by atoms with E-state index in [4.69, 9.17) is 0 Å². The van der Waals surface area contributed by atoms with Crippen LogP contribution in [0.1, 0.15) is 25.8 Å². The van der Waals surface area contributed by atoms with Crippen LogP contribution in [0.25, 0.3) is 0 Å². The van der Waals surface area contributed by atoms with Crippen LogP contribution in [-0.2, 0) is 6.54 Å². The Bertz CT molecular complexity index is 437. The maximum absolute atomic E-state index is 13.6. The molecule has 1 aliphatic rings. The topological polar surface area (TPSA) is 12.5 Å². The largest absolute Gasteiger partial charge is 0.431 e. The first kappa shape index (κ1) is 14.2. The van der Waals surface area contributed by atoms with Crippen molar-refractivity contribution in [1.82, 2.24) is 4.90 Å². The fourth-order valence-corrected chi connectivity index (χ4v) is 2.53. The Hall–Kier alpha value is -1.23. The van der Waals surface area contributed by atoms with Gasteiger partial charge in [0.1, 0.15) is 0 Å². The Morgan fingerprint density at radius 3 is 2.63 bits per heavy atom. The van der Waals surface area contributed by atoms with Gasteiger partial charge in [-0.1, -0.05) is 26.0 Å². The smallest absolute Gasteiger partial charge is 0.387 e. The van der Waals surface area contributed by atoms with Crippen molar-refractivity contribution in [2.75, 3.05) is 6.54 Å². The van der Waals surface area contributed by atoms with Crippen molar-refractivity contribution in [3.05, 3.63) is 29.6 Å². The molecule has 1 fully saturated rings. The summed E-state index contributed by atoms with van der Waals surface area (Å²) in [4.78, 5) is 2.16. The van der Waals surface area contributed by atoms with Gasteiger partial charge in [-0.15, -0.1) is 0 Å². The average molecular weight is 273 g/mol. The molecule has 1 heterocycles. The van der Waals surface area contributed by atoms with E-state index in [-0.39, 0.29) is 5.75 Å². The molecule has 0 aliphatic carbocycles. The number of alkyl halides is 2. The lowest BCUT2D eigenvalue weighted by Crippen LogP contribution is -2.49. The first-order valence-corrected chi connectivity index (χ1v) is 6.45. The zero-order valence-corrected chi connectivity index (χ0v) is 11.1. The molecule has 1 aromatic carbocycles. The number of nitrogens with zero attached hydrogens (tertiary/aromatic N) is 1. The van der Waals surface area contributed by atoms with E-state index in [0.717, 1.165) is 19.0 Å². The summed E-state index contributed by atoms with van der Waals surface area (Å²) in [5.41, 5.74) is 0.477. The second-order valence-electron chi connectivity index (χ2n) is 5.18. The molecule has 0 aromatic heterocycles. The molecule has 0 saturated carbocycles. The minimum absolute atomic E-state index is 0.327. The number of likely N-dealkylation sites (tertiary alicyclic amines) is 1. The summed E-state index contributed by atoms with van der Waals surface area (Å²) in [6, 6.07) is 4.73. The van der Waals surface area contributed by atoms with Gasteiger partial charge >= 0.3 is 6.61 Å². The lowest BCUT2D eigenvalue weighted by molar-refractivity contribution is -0.0538. The Kier molecular flexibility index (Phi) is 4.34. The van der Waals surface area contributed by atoms with Crippen LogP contribution >= 0.6 is 0 Å². The molecule has 106 valence electrons. The first-order chi connectivity index (χ1) is 8.99. The van der Waals surface area contributed by atoms with E-state index >= 15 is 0 Å². The summed E-state index contributed by atoms with van der Waals surface area (Å²) in [6.45, 7) is 2.60. The predicted octanol–water partition coefficient (Wildman–Crippen LogP) is 3.66. The van der Waals surface area contributed by atoms with Gasteiger partial charge in [-0.05, 0) is 18.4 Å². The zero-order chi connectivity index (χ0) is 14.0. The minimum atomic E-state index is -3.01. The molecule has 0 radical (unpaired) electrons. The Morgan fingerprint density at radius 1 is 1.37 bits per heavy atom. The van der Waals surface area contributed by atoms with Crippen LogP contribution in [0.5, 0.6) is 5.75 Å². The quantitative estimate of drug-likeness (QED) is 0.811. The van der Waals surface area contributed by atoms with Crippen molar-refractivity contribution >= 4 is 0 Å². The molecule has 1 unspecified atom stereocenters. The Morgan fingerprint density at radius 2 is 2.11 bits per heavy atom. The van der Waals surface area contributed by atoms with Crippen LogP contribution in [0.2, 0.25) is 0 Å². The van der Waals surface area contributed by atoms with Gasteiger partial charge in [-0.3, -0.25) is 4.90 Å². The fraction of sp³-hybridized carbons (Fsp3) is 0.571. The molecular weight excluding hydrogens is 255 g/mol. The molecule has 1 saturated heterocycles. The van der Waals surface area contributed by atoms with E-state index in [0.29, 0.717) is 24.1 Å². The molecule has 0 bridgehead atoms. The molecule has 0 N–H and O–H groups in total. The standard InChI is InChI=1S/C14H18F3NO/c1-9(2)12-6-7-18(12)8-10-4-3-5-11(15)13(10)19-14(16)17/h3-5,9,12,14H,6-8H2,1-2H3. The molecular formula is C14H18F3NO. The maximum Gasteiger partial charge on any atom is 0.387 e. The van der Waals surface area contributed by atoms with Crippen molar-refractivity contribution < 1.29 is 17.9 Å². The molecule has 2 nitrogen and oxygen atoms in total. The zero-order valence-electron chi connectivity index (χ0n) is 11.1. The van der Waals surface area contributed by atoms with Crippen molar-refractivity contribution in [3.8, 4) is 5.75 Å². The van der Waals surface area contributed by atoms with Gasteiger partial charge in [0.15, 0.2) is 11.6 Å². The number of para-hydroxylation sites is 1. The van der Waals surface area contributed by atoms with Gasteiger partial charge in [0.25, 0.3) is 0 Å². The van der Waals surface area contributed by atoms with Crippen LogP contribution in [0.4, 0.5) is 13.2 Å². The first-order valence-electron chi connectivity index (χ1n) is 6.45. The number of rotatable bonds is 5. The van der Waals surface area contributed by atoms with Gasteiger partial charge in [-0.2, -0.15) is 8.78 Å². The Labute approximate surface area is 111 Å². The lowest BCUT2D eigenvalue weighted by atomic mass is 9.91. The normalized spacial score (nSPS) is 19.8. The van der Waals surface area contributed by atoms with E-state index < -0.39 is 12.4 Å². The van der Waals surface area contributed by atoms with E-state index in [1.165, 1.54) is 6.07 Å². The summed E-state index contributed by atoms with van der Waals surface area (Å²) in [5, 5.41) is 0. The molecule has 19 heavy (non-hydrogen) atoms. The summed E-state index contributed by atoms with van der Waals surface area (Å²) < 4.78 is 42.5. The highest BCUT2D eigenvalue weighted by Crippen LogP contribution is 2.31. The summed E-state index contributed by atoms with van der Waals surface area (Å²) in [7, 11) is 0. The molecule has 1 aliphatic heterocycles. The number of halogens is 3. The Balaban J connectivity index is 2.13. The van der Waals surface area contributed by atoms with Gasteiger partial charge in [-0.25, -0.2) is 4.39 Å². The SMILES string of the molecule is CC(C)C1CCN1Cc1cccc(F)c1OC(F)F. The number of hydrogen-bond donors (Lipinski definition) is 0. The second-order valence-corrected chi connectivity index (χ2v) is 5.18. The van der Waals surface area contributed by atoms with Crippen molar-refractivity contribution in [2.45, 2.75) is 39.5 Å². The highest BCUT2D eigenvalue weighted by Gasteiger charge is 2.31. The lowest BCUT2D eigenvalue weighted by Gasteiger charge is -2.43. The number of ether oxygens (including phenoxy) is 1. The van der Waals surface area contributed by atoms with Gasteiger partial charge in [0.05, 0.1) is 0 Å². The van der Waals surface area contributed by atoms with Gasteiger partial charge in [0, 0.05) is 24.7 Å². The van der Waals surface area contributed by atoms with E-state index in [1.807, 2.05) is 0 Å². The molecule has 1 atom stereocenters. The third-order valence-corrected chi connectivity index (χ3v) is 3.58. The van der Waals surface area contributed by atoms with E-state index in [9.17, 15) is 13.2 Å². The van der Waals surface area contributed by atoms with Crippen LogP contribution in [0, 0.1) is 11.7 Å². The number of hydrogen-bond acceptors (Lipinski definition) is 2. The highest BCUT2D eigenvalue weighted by molar-refractivity contribution is 5.35. The van der Waals surface area contributed by atoms with E-state index in [2.05, 4.69) is 23.5 Å². The van der Waals surface area contributed by atoms with Crippen LogP contribution in [0.15, 0.2) is 18.2 Å². The molecule has 1 aromatic rings. The van der Waals surface area contributed by atoms with Gasteiger partial charge in [0.2, 0.25) is 0 Å². The van der Waals surface area contributed by atoms with Crippen molar-refractivity contribution in [1.29, 1.82) is 0 Å². The maximum atomic E-state index is 13.6. The number of benzene rings is 1. The highest BCUT2D eigenvalue weighted by atomic mass is 19.3. The molecule has 0 spiro atoms. The van der Waals surface area contributed by atoms with Crippen LogP contribution in [0.3, 0.4) is 0 Å². The van der Waals surface area contributed by atoms with E-state index in [1.54, 1.807) is 6.07 Å². The fourth-order valence-electron chi connectivity index (χ4n) is 2.53. The summed E-state index contributed by atoms with van der Waals surface area (Å²) in [6.07, 6.45) is 1.10. The van der Waals surface area contributed by atoms with Crippen molar-refractivity contribution in [2.24, 2.45) is 5.92 Å². The third-order valence-electron chi connectivity index (χ3n) is 3.58. The molecule has 5 heteroatoms. The second kappa shape index (κ2) is 5.82.